The van der Waals surface area contributed by atoms with Crippen molar-refractivity contribution in [3.63, 3.8) is 0 Å². The van der Waals surface area contributed by atoms with E-state index >= 15 is 0 Å². The third kappa shape index (κ3) is 3.59. The number of hydrogen-bond acceptors (Lipinski definition) is 5. The second-order valence-electron chi connectivity index (χ2n) is 4.27. The molecule has 2 N–H and O–H groups in total. The van der Waals surface area contributed by atoms with Gasteiger partial charge in [0, 0.05) is 13.1 Å². The van der Waals surface area contributed by atoms with Crippen LogP contribution in [0.1, 0.15) is 0 Å². The van der Waals surface area contributed by atoms with Crippen LogP contribution < -0.4 is 4.74 Å². The van der Waals surface area contributed by atoms with Crippen molar-refractivity contribution in [1.29, 1.82) is 0 Å². The van der Waals surface area contributed by atoms with Crippen LogP contribution in [0.4, 0.5) is 0 Å². The van der Waals surface area contributed by atoms with Crippen molar-refractivity contribution < 1.29 is 24.5 Å². The van der Waals surface area contributed by atoms with Gasteiger partial charge in [0.15, 0.2) is 18.1 Å². The Morgan fingerprint density at radius 2 is 2.26 bits per heavy atom. The number of phenolic OH excluding ortho intramolecular Hbond substituents is 1. The Hall–Kier alpha value is -1.79. The van der Waals surface area contributed by atoms with E-state index in [9.17, 15) is 9.90 Å². The number of benzene rings is 1. The van der Waals surface area contributed by atoms with E-state index in [0.717, 1.165) is 0 Å². The summed E-state index contributed by atoms with van der Waals surface area (Å²) < 4.78 is 10.5. The summed E-state index contributed by atoms with van der Waals surface area (Å²) in [6, 6.07) is 6.49. The molecule has 2 rings (SSSR count). The maximum Gasteiger partial charge on any atom is 0.260 e. The number of aliphatic hydroxyl groups excluding tert-OH is 1. The average Bonchev–Trinajstić information content (AvgIpc) is 2.46. The lowest BCUT2D eigenvalue weighted by Crippen LogP contribution is -2.48. The molecule has 1 aromatic carbocycles. The van der Waals surface area contributed by atoms with Crippen molar-refractivity contribution in [2.75, 3.05) is 32.9 Å². The first-order valence-electron chi connectivity index (χ1n) is 6.11. The summed E-state index contributed by atoms with van der Waals surface area (Å²) in [7, 11) is 0. The van der Waals surface area contributed by atoms with Crippen LogP contribution in [0.5, 0.6) is 11.5 Å². The molecule has 1 fully saturated rings. The zero-order chi connectivity index (χ0) is 13.7. The molecule has 104 valence electrons. The molecule has 6 nitrogen and oxygen atoms in total. The minimum atomic E-state index is -0.331. The van der Waals surface area contributed by atoms with Crippen LogP contribution in [0.25, 0.3) is 0 Å². The van der Waals surface area contributed by atoms with Gasteiger partial charge >= 0.3 is 0 Å². The summed E-state index contributed by atoms with van der Waals surface area (Å²) in [6.45, 7) is 1.01. The first-order chi connectivity index (χ1) is 9.20. The maximum absolute atomic E-state index is 11.9. The van der Waals surface area contributed by atoms with Gasteiger partial charge in [-0.2, -0.15) is 0 Å². The standard InChI is InChI=1S/C13H17NO5/c15-8-10-7-14(5-6-18-10)13(17)9-19-12-4-2-1-3-11(12)16/h1-4,10,15-16H,5-9H2. The van der Waals surface area contributed by atoms with Crippen LogP contribution in [0, 0.1) is 0 Å². The van der Waals surface area contributed by atoms with Crippen LogP contribution in [-0.4, -0.2) is 60.0 Å². The number of nitrogens with zero attached hydrogens (tertiary/aromatic N) is 1. The zero-order valence-electron chi connectivity index (χ0n) is 10.5. The summed E-state index contributed by atoms with van der Waals surface area (Å²) in [5.74, 6) is 0.0957. The predicted octanol–water partition coefficient (Wildman–Crippen LogP) is -0.00930. The monoisotopic (exact) mass is 267 g/mol. The molecule has 0 aromatic heterocycles. The van der Waals surface area contributed by atoms with Gasteiger partial charge in [0.1, 0.15) is 0 Å². The minimum absolute atomic E-state index is 0.00510. The topological polar surface area (TPSA) is 79.2 Å². The maximum atomic E-state index is 11.9. The van der Waals surface area contributed by atoms with E-state index in [-0.39, 0.29) is 36.7 Å². The Labute approximate surface area is 111 Å². The van der Waals surface area contributed by atoms with Crippen molar-refractivity contribution in [1.82, 2.24) is 4.90 Å². The number of carbonyl (C=O) groups excluding carboxylic acids is 1. The van der Waals surface area contributed by atoms with Gasteiger partial charge in [0.05, 0.1) is 19.3 Å². The lowest BCUT2D eigenvalue weighted by atomic mass is 10.3. The molecule has 1 heterocycles. The fraction of sp³-hybridized carbons (Fsp3) is 0.462. The molecule has 6 heteroatoms. The molecule has 1 aliphatic rings. The number of amides is 1. The quantitative estimate of drug-likeness (QED) is 0.802. The van der Waals surface area contributed by atoms with Gasteiger partial charge in [-0.25, -0.2) is 0 Å². The Kier molecular flexibility index (Phi) is 4.59. The molecule has 0 saturated carbocycles. The highest BCUT2D eigenvalue weighted by Gasteiger charge is 2.23. The van der Waals surface area contributed by atoms with Gasteiger partial charge in [-0.1, -0.05) is 12.1 Å². The van der Waals surface area contributed by atoms with Crippen molar-refractivity contribution in [2.24, 2.45) is 0 Å². The summed E-state index contributed by atoms with van der Waals surface area (Å²) in [5.41, 5.74) is 0. The molecule has 19 heavy (non-hydrogen) atoms. The minimum Gasteiger partial charge on any atom is -0.504 e. The lowest BCUT2D eigenvalue weighted by molar-refractivity contribution is -0.142. The molecule has 1 saturated heterocycles. The molecule has 1 amide bonds. The highest BCUT2D eigenvalue weighted by Crippen LogP contribution is 2.24. The number of morpholine rings is 1. The highest BCUT2D eigenvalue weighted by atomic mass is 16.5. The SMILES string of the molecule is O=C(COc1ccccc1O)N1CCOC(CO)C1. The summed E-state index contributed by atoms with van der Waals surface area (Å²) in [5, 5.41) is 18.5. The fourth-order valence-corrected chi connectivity index (χ4v) is 1.87. The van der Waals surface area contributed by atoms with Gasteiger partial charge in [-0.05, 0) is 12.1 Å². The fourth-order valence-electron chi connectivity index (χ4n) is 1.87. The van der Waals surface area contributed by atoms with Crippen molar-refractivity contribution in [3.05, 3.63) is 24.3 Å². The summed E-state index contributed by atoms with van der Waals surface area (Å²) in [4.78, 5) is 13.5. The largest absolute Gasteiger partial charge is 0.504 e. The van der Waals surface area contributed by atoms with Crippen LogP contribution in [-0.2, 0) is 9.53 Å². The van der Waals surface area contributed by atoms with E-state index in [0.29, 0.717) is 19.7 Å². The number of ether oxygens (including phenoxy) is 2. The molecule has 0 aliphatic carbocycles. The smallest absolute Gasteiger partial charge is 0.260 e. The summed E-state index contributed by atoms with van der Waals surface area (Å²) >= 11 is 0. The Morgan fingerprint density at radius 1 is 1.47 bits per heavy atom. The predicted molar refractivity (Wildman–Crippen MR) is 67.0 cm³/mol. The molecule has 0 bridgehead atoms. The van der Waals surface area contributed by atoms with E-state index in [1.807, 2.05) is 0 Å². The normalized spacial score (nSPS) is 19.2. The van der Waals surface area contributed by atoms with Gasteiger partial charge in [0.2, 0.25) is 0 Å². The third-order valence-corrected chi connectivity index (χ3v) is 2.91. The van der Waals surface area contributed by atoms with Gasteiger partial charge in [-0.3, -0.25) is 4.79 Å². The highest BCUT2D eigenvalue weighted by molar-refractivity contribution is 5.78. The molecular weight excluding hydrogens is 250 g/mol. The van der Waals surface area contributed by atoms with Gasteiger partial charge < -0.3 is 24.6 Å². The molecule has 0 spiro atoms. The Balaban J connectivity index is 1.86. The molecule has 1 unspecified atom stereocenters. The molecular formula is C13H17NO5. The van der Waals surface area contributed by atoms with Gasteiger partial charge in [0.25, 0.3) is 5.91 Å². The Morgan fingerprint density at radius 3 is 3.00 bits per heavy atom. The second-order valence-corrected chi connectivity index (χ2v) is 4.27. The van der Waals surface area contributed by atoms with Crippen LogP contribution >= 0.6 is 0 Å². The summed E-state index contributed by atoms with van der Waals surface area (Å²) in [6.07, 6.45) is -0.331. The molecule has 1 aliphatic heterocycles. The number of phenols is 1. The van der Waals surface area contributed by atoms with E-state index < -0.39 is 0 Å². The third-order valence-electron chi connectivity index (χ3n) is 2.91. The number of para-hydroxylation sites is 2. The second kappa shape index (κ2) is 6.40. The van der Waals surface area contributed by atoms with Crippen LogP contribution in [0.3, 0.4) is 0 Å². The zero-order valence-corrected chi connectivity index (χ0v) is 10.5. The van der Waals surface area contributed by atoms with E-state index in [1.165, 1.54) is 6.07 Å². The number of aliphatic hydroxyl groups is 1. The molecule has 1 aromatic rings. The lowest BCUT2D eigenvalue weighted by Gasteiger charge is -2.31. The number of hydrogen-bond donors (Lipinski definition) is 2. The molecule has 0 radical (unpaired) electrons. The molecule has 1 atom stereocenters. The number of rotatable bonds is 4. The van der Waals surface area contributed by atoms with Crippen molar-refractivity contribution >= 4 is 5.91 Å². The number of aromatic hydroxyl groups is 1. The Bertz CT molecular complexity index is 437. The van der Waals surface area contributed by atoms with Crippen molar-refractivity contribution in [3.8, 4) is 11.5 Å². The van der Waals surface area contributed by atoms with E-state index in [2.05, 4.69) is 0 Å². The van der Waals surface area contributed by atoms with Gasteiger partial charge in [-0.15, -0.1) is 0 Å². The van der Waals surface area contributed by atoms with Crippen molar-refractivity contribution in [2.45, 2.75) is 6.10 Å². The van der Waals surface area contributed by atoms with E-state index in [1.54, 1.807) is 23.1 Å². The van der Waals surface area contributed by atoms with Crippen LogP contribution in [0.15, 0.2) is 24.3 Å². The number of carbonyl (C=O) groups is 1. The first-order valence-corrected chi connectivity index (χ1v) is 6.11. The van der Waals surface area contributed by atoms with E-state index in [4.69, 9.17) is 14.6 Å². The first kappa shape index (κ1) is 13.6. The average molecular weight is 267 g/mol. The van der Waals surface area contributed by atoms with Crippen LogP contribution in [0.2, 0.25) is 0 Å².